The number of hydroxylamine groups is 4. The first kappa shape index (κ1) is 67.9. The van der Waals surface area contributed by atoms with Gasteiger partial charge in [-0.3, -0.25) is 29.5 Å². The summed E-state index contributed by atoms with van der Waals surface area (Å²) in [5, 5.41) is 41.6. The van der Waals surface area contributed by atoms with Crippen molar-refractivity contribution in [2.24, 2.45) is 0 Å². The first-order valence-corrected chi connectivity index (χ1v) is 30.3. The van der Waals surface area contributed by atoms with Gasteiger partial charge in [0.25, 0.3) is 23.6 Å². The van der Waals surface area contributed by atoms with Crippen molar-refractivity contribution in [1.29, 1.82) is 0 Å². The van der Waals surface area contributed by atoms with Crippen LogP contribution in [0.5, 0.6) is 0 Å². The van der Waals surface area contributed by atoms with Crippen LogP contribution in [0, 0.1) is 0 Å². The van der Waals surface area contributed by atoms with Crippen LogP contribution in [0.4, 0.5) is 0 Å². The Labute approximate surface area is 543 Å². The molecule has 10 heterocycles. The molecule has 2 aliphatic heterocycles. The number of imide groups is 2. The van der Waals surface area contributed by atoms with E-state index in [0.29, 0.717) is 50.1 Å². The second kappa shape index (κ2) is 32.1. The zero-order valence-corrected chi connectivity index (χ0v) is 52.1. The average Bonchev–Trinajstić information content (AvgIpc) is 1.74. The third kappa shape index (κ3) is 16.0. The van der Waals surface area contributed by atoms with Gasteiger partial charge in [0.05, 0.1) is 82.1 Å². The van der Waals surface area contributed by atoms with Crippen molar-refractivity contribution in [3.8, 4) is 17.5 Å². The van der Waals surface area contributed by atoms with E-state index in [1.807, 2.05) is 103 Å². The third-order valence-electron chi connectivity index (χ3n) is 12.1. The Morgan fingerprint density at radius 1 is 0.522 bits per heavy atom. The van der Waals surface area contributed by atoms with Crippen LogP contribution in [0.2, 0.25) is 0 Å². The third-order valence-corrected chi connectivity index (χ3v) is 16.1. The predicted molar refractivity (Wildman–Crippen MR) is 326 cm³/mol. The van der Waals surface area contributed by atoms with Crippen LogP contribution in [0.15, 0.2) is 148 Å². The van der Waals surface area contributed by atoms with Crippen LogP contribution in [-0.4, -0.2) is 146 Å². The number of rotatable bonds is 10. The molecule has 90 heavy (non-hydrogen) atoms. The van der Waals surface area contributed by atoms with Crippen molar-refractivity contribution < 1.29 is 87.3 Å². The standard InChI is InChI=1S/C15H10N4O4S.C13H11N3O2S.C11H7N3O2S.C7H6N2.C6H6BrNO2S.C4H5NO3.Li.H2O/c20-11-5-6-12(21)19(11)23-15(22)13-14(16-8-24-13)18-10-4-2-1-3-9(10)7-17-18;1-2-18-13(17)11-12(14-8-19-11)16-10-6-4-3-5-9(10)7-15-16;15-11(16)9-10(12-6-17-9)14-8-4-2-1-3-7(8)5-13-14;1-2-4-7-6(3-1)5-8-9-7;1-2-10-6(9)4-5(7)8-3-11-4;6-3-1-2-4(7)5(3)8;;/h1-4,7-8H,5-6H2;3-8H,2H2,1H3;1-6H,(H,15,16);1-5H,(H,8,9);3H,2H2,1H3;8H,1-2H2;;1H2/q;;;;;;+1;/p-1. The quantitative estimate of drug-likeness (QED) is 0.0566. The Kier molecular flexibility index (Phi) is 24.2. The van der Waals surface area contributed by atoms with Gasteiger partial charge >= 0.3 is 42.7 Å². The molecule has 8 aromatic heterocycles. The maximum absolute atomic E-state index is 12.4. The van der Waals surface area contributed by atoms with E-state index in [1.54, 1.807) is 52.8 Å². The van der Waals surface area contributed by atoms with E-state index in [-0.39, 0.29) is 76.8 Å². The summed E-state index contributed by atoms with van der Waals surface area (Å²) in [5.41, 5.74) is 9.85. The largest absolute Gasteiger partial charge is 1.00 e. The molecule has 456 valence electrons. The number of esters is 2. The first-order chi connectivity index (χ1) is 42.7. The zero-order chi connectivity index (χ0) is 62.3. The molecule has 2 aliphatic rings. The number of aromatic carboxylic acids is 1. The Morgan fingerprint density at radius 2 is 0.900 bits per heavy atom. The number of amides is 4. The number of thiazole rings is 4. The minimum Gasteiger partial charge on any atom is -0.870 e. The van der Waals surface area contributed by atoms with Crippen LogP contribution >= 0.6 is 61.3 Å². The van der Waals surface area contributed by atoms with Crippen LogP contribution in [0.3, 0.4) is 0 Å². The number of carbonyl (C=O) groups excluding carboxylic acids is 7. The molecule has 0 unspecified atom stereocenters. The molecule has 28 nitrogen and oxygen atoms in total. The van der Waals surface area contributed by atoms with E-state index in [1.165, 1.54) is 38.4 Å². The van der Waals surface area contributed by atoms with E-state index in [2.05, 4.69) is 61.4 Å². The van der Waals surface area contributed by atoms with Crippen molar-refractivity contribution in [2.45, 2.75) is 39.5 Å². The minimum atomic E-state index is -0.984. The first-order valence-electron chi connectivity index (χ1n) is 25.9. The van der Waals surface area contributed by atoms with Gasteiger partial charge in [0.15, 0.2) is 32.1 Å². The number of hydrogen-bond donors (Lipinski definition) is 3. The van der Waals surface area contributed by atoms with E-state index >= 15 is 0 Å². The van der Waals surface area contributed by atoms with E-state index in [4.69, 9.17) is 24.6 Å². The Balaban J connectivity index is 0.000000159. The number of aromatic amines is 1. The fraction of sp³-hybridized carbons (Fsp3) is 0.143. The molecule has 2 saturated heterocycles. The minimum absolute atomic E-state index is 0. The fourth-order valence-corrected chi connectivity index (χ4v) is 11.2. The van der Waals surface area contributed by atoms with Crippen molar-refractivity contribution in [1.82, 2.24) is 69.6 Å². The summed E-state index contributed by atoms with van der Waals surface area (Å²) < 4.78 is 15.1. The van der Waals surface area contributed by atoms with Crippen LogP contribution in [0.25, 0.3) is 61.1 Å². The summed E-state index contributed by atoms with van der Waals surface area (Å²) in [7, 11) is 0. The number of nitrogens with one attached hydrogen (secondary N) is 1. The van der Waals surface area contributed by atoms with Gasteiger partial charge < -0.3 is 24.9 Å². The summed E-state index contributed by atoms with van der Waals surface area (Å²) in [6, 6.07) is 30.9. The molecule has 4 N–H and O–H groups in total. The molecule has 0 saturated carbocycles. The number of carboxylic acids is 1. The van der Waals surface area contributed by atoms with Gasteiger partial charge in [-0.15, -0.1) is 50.4 Å². The predicted octanol–water partition coefficient (Wildman–Crippen LogP) is 6.54. The molecule has 0 spiro atoms. The molecule has 4 amide bonds. The number of carbonyl (C=O) groups is 8. The molecule has 0 bridgehead atoms. The number of benzene rings is 4. The van der Waals surface area contributed by atoms with E-state index < -0.39 is 35.6 Å². The number of carboxylic acid groups (broad SMARTS) is 1. The summed E-state index contributed by atoms with van der Waals surface area (Å²) >= 11 is 7.81. The topological polar surface area (TPSA) is 375 Å². The number of nitrogens with zero attached hydrogens (tertiary/aromatic N) is 13. The summed E-state index contributed by atoms with van der Waals surface area (Å²) in [6.07, 6.45) is 7.32. The van der Waals surface area contributed by atoms with Crippen LogP contribution in [-0.2, 0) is 33.5 Å². The molecule has 14 rings (SSSR count). The molecule has 34 heteroatoms. The molecular weight excluding hydrogens is 1310 g/mol. The van der Waals surface area contributed by atoms with Gasteiger partial charge in [-0.2, -0.15) is 25.5 Å². The molecule has 0 radical (unpaired) electrons. The van der Waals surface area contributed by atoms with Crippen molar-refractivity contribution in [3.63, 3.8) is 0 Å². The van der Waals surface area contributed by atoms with E-state index in [9.17, 15) is 38.4 Å². The summed E-state index contributed by atoms with van der Waals surface area (Å²) in [5.74, 6) is -3.35. The Hall–Kier alpha value is -9.56. The number of H-pyrrole nitrogens is 1. The van der Waals surface area contributed by atoms with Gasteiger partial charge in [0.1, 0.15) is 9.48 Å². The summed E-state index contributed by atoms with van der Waals surface area (Å²) in [4.78, 5) is 113. The SMILES string of the molecule is CCOC(=O)c1scnc1-n1ncc2ccccc21.CCOC(=O)c1scnc1Br.O=C(O)c1scnc1-n1ncc2ccccc21.O=C(ON1C(=O)CCC1=O)c1scnc1-n1ncc2ccccc21.O=C1CCC(=O)N1O.[Li+].[OH-].c1ccc2[nH]ncc2c1. The van der Waals surface area contributed by atoms with Crippen molar-refractivity contribution in [2.75, 3.05) is 13.2 Å². The van der Waals surface area contributed by atoms with Crippen LogP contribution < -0.4 is 18.9 Å². The van der Waals surface area contributed by atoms with Gasteiger partial charge in [0.2, 0.25) is 0 Å². The van der Waals surface area contributed by atoms with Gasteiger partial charge in [0, 0.05) is 47.2 Å². The average molecular weight is 1350 g/mol. The van der Waals surface area contributed by atoms with Gasteiger partial charge in [-0.1, -0.05) is 72.8 Å². The second-order valence-corrected chi connectivity index (χ2v) is 21.8. The molecule has 0 atom stereocenters. The summed E-state index contributed by atoms with van der Waals surface area (Å²) in [6.45, 7) is 4.29. The second-order valence-electron chi connectivity index (χ2n) is 17.6. The molecule has 2 fully saturated rings. The zero-order valence-electron chi connectivity index (χ0n) is 47.3. The molecule has 12 aromatic rings. The number of fused-ring (bicyclic) bond motifs is 4. The van der Waals surface area contributed by atoms with Crippen LogP contribution in [0.1, 0.15) is 78.2 Å². The smallest absolute Gasteiger partial charge is 0.870 e. The van der Waals surface area contributed by atoms with Gasteiger partial charge in [-0.05, 0) is 54.0 Å². The fourth-order valence-electron chi connectivity index (χ4n) is 8.01. The number of hydrogen-bond acceptors (Lipinski definition) is 25. The Bertz CT molecular complexity index is 4440. The maximum atomic E-state index is 12.4. The number of aromatic nitrogens is 12. The van der Waals surface area contributed by atoms with Gasteiger partial charge in [-0.25, -0.2) is 53.2 Å². The Morgan fingerprint density at radius 3 is 1.31 bits per heavy atom. The molecular formula is C56H46BrLiN14O14S4. The van der Waals surface area contributed by atoms with Crippen molar-refractivity contribution in [3.05, 3.63) is 168 Å². The number of ether oxygens (including phenoxy) is 2. The number of halogens is 1. The maximum Gasteiger partial charge on any atom is 1.00 e. The van der Waals surface area contributed by atoms with E-state index in [0.717, 1.165) is 66.3 Å². The number of para-hydroxylation sites is 4. The monoisotopic (exact) mass is 1350 g/mol. The van der Waals surface area contributed by atoms with Crippen molar-refractivity contribution >= 4 is 152 Å². The molecule has 4 aromatic carbocycles. The molecule has 0 aliphatic carbocycles. The normalized spacial score (nSPS) is 12.2.